The summed E-state index contributed by atoms with van der Waals surface area (Å²) in [4.78, 5) is 16.9. The number of imidazole rings is 1. The zero-order chi connectivity index (χ0) is 18.8. The number of H-pyrrole nitrogens is 1. The van der Waals surface area contributed by atoms with Gasteiger partial charge < -0.3 is 4.98 Å². The highest BCUT2D eigenvalue weighted by Gasteiger charge is 2.51. The Balaban J connectivity index is 1.98. The number of fused-ring (bicyclic) bond motifs is 1. The molecule has 5 heteroatoms. The summed E-state index contributed by atoms with van der Waals surface area (Å²) >= 11 is 0. The van der Waals surface area contributed by atoms with Crippen LogP contribution in [0.25, 0.3) is 11.2 Å². The van der Waals surface area contributed by atoms with Gasteiger partial charge in [0.1, 0.15) is 27.8 Å². The van der Waals surface area contributed by atoms with Crippen molar-refractivity contribution in [2.24, 2.45) is 0 Å². The molecule has 0 unspecified atom stereocenters. The lowest BCUT2D eigenvalue weighted by atomic mass is 10.4. The van der Waals surface area contributed by atoms with E-state index in [1.165, 1.54) is 15.9 Å². The fraction of sp³-hybridized carbons (Fsp3) is 0. The van der Waals surface area contributed by atoms with E-state index in [2.05, 4.69) is 106 Å². The van der Waals surface area contributed by atoms with Gasteiger partial charge in [-0.3, -0.25) is 0 Å². The Morgan fingerprint density at radius 2 is 1.07 bits per heavy atom. The average molecular weight is 381 g/mol. The monoisotopic (exact) mass is 381 g/mol. The minimum atomic E-state index is -2.24. The molecule has 0 saturated carbocycles. The number of aromatic amines is 1. The summed E-state index contributed by atoms with van der Waals surface area (Å²) in [6.45, 7) is 0. The summed E-state index contributed by atoms with van der Waals surface area (Å²) in [6.07, 6.45) is 3.32. The minimum Gasteiger partial charge on any atom is -0.339 e. The predicted molar refractivity (Wildman–Crippen MR) is 116 cm³/mol. The number of rotatable bonds is 4. The molecule has 0 atom stereocenters. The summed E-state index contributed by atoms with van der Waals surface area (Å²) in [7, 11) is -2.24. The third-order valence-electron chi connectivity index (χ3n) is 4.95. The van der Waals surface area contributed by atoms with Crippen LogP contribution in [0.15, 0.2) is 104 Å². The first-order valence-corrected chi connectivity index (χ1v) is 10.9. The van der Waals surface area contributed by atoms with Crippen LogP contribution >= 0.6 is 7.26 Å². The topological polar surface area (TPSA) is 54.5 Å². The van der Waals surface area contributed by atoms with Crippen molar-refractivity contribution < 1.29 is 0 Å². The molecule has 0 fully saturated rings. The Hall–Kier alpha value is -3.36. The Morgan fingerprint density at radius 3 is 1.57 bits per heavy atom. The van der Waals surface area contributed by atoms with Crippen LogP contribution in [0, 0.1) is 0 Å². The number of aromatic nitrogens is 4. The van der Waals surface area contributed by atoms with Crippen molar-refractivity contribution in [2.75, 3.05) is 0 Å². The molecule has 2 heterocycles. The highest BCUT2D eigenvalue weighted by atomic mass is 31.2. The molecule has 0 amide bonds. The molecule has 28 heavy (non-hydrogen) atoms. The molecular weight excluding hydrogens is 363 g/mol. The van der Waals surface area contributed by atoms with E-state index in [0.29, 0.717) is 5.65 Å². The van der Waals surface area contributed by atoms with E-state index in [-0.39, 0.29) is 0 Å². The van der Waals surface area contributed by atoms with Crippen LogP contribution in [-0.4, -0.2) is 19.9 Å². The van der Waals surface area contributed by atoms with Crippen molar-refractivity contribution in [1.29, 1.82) is 0 Å². The van der Waals surface area contributed by atoms with Crippen molar-refractivity contribution in [3.8, 4) is 0 Å². The molecule has 4 nitrogen and oxygen atoms in total. The van der Waals surface area contributed by atoms with Gasteiger partial charge in [-0.2, -0.15) is 4.98 Å². The Bertz CT molecular complexity index is 1110. The second-order valence-electron chi connectivity index (χ2n) is 6.48. The van der Waals surface area contributed by atoms with Crippen molar-refractivity contribution in [3.63, 3.8) is 0 Å². The fourth-order valence-electron chi connectivity index (χ4n) is 3.78. The Kier molecular flexibility index (Phi) is 4.19. The molecule has 0 aliphatic rings. The highest BCUT2D eigenvalue weighted by molar-refractivity contribution is 8.01. The molecule has 5 aromatic rings. The first-order chi connectivity index (χ1) is 13.9. The van der Waals surface area contributed by atoms with Gasteiger partial charge in [0.2, 0.25) is 5.44 Å². The number of benzene rings is 3. The average Bonchev–Trinajstić information content (AvgIpc) is 3.26. The van der Waals surface area contributed by atoms with Gasteiger partial charge in [0.05, 0.1) is 6.33 Å². The number of nitrogens with zero attached hydrogens (tertiary/aromatic N) is 3. The molecule has 0 aliphatic heterocycles. The van der Waals surface area contributed by atoms with Crippen LogP contribution in [0.4, 0.5) is 0 Å². The van der Waals surface area contributed by atoms with Crippen LogP contribution in [0.3, 0.4) is 0 Å². The lowest BCUT2D eigenvalue weighted by Crippen LogP contribution is -2.40. The maximum absolute atomic E-state index is 4.85. The van der Waals surface area contributed by atoms with Crippen molar-refractivity contribution in [1.82, 2.24) is 19.9 Å². The van der Waals surface area contributed by atoms with Gasteiger partial charge in [-0.25, -0.2) is 9.97 Å². The lowest BCUT2D eigenvalue weighted by Gasteiger charge is -2.26. The second-order valence-corrected chi connectivity index (χ2v) is 9.79. The smallest absolute Gasteiger partial charge is 0.227 e. The van der Waals surface area contributed by atoms with Crippen LogP contribution in [-0.2, 0) is 0 Å². The maximum atomic E-state index is 4.85. The number of hydrogen-bond donors (Lipinski definition) is 1. The SMILES string of the molecule is c1ccc([P+](c2ccccc2)(c2ccccc2)c2ncnc3nc[nH]c23)cc1. The third-order valence-corrected chi connectivity index (χ3v) is 9.14. The van der Waals surface area contributed by atoms with E-state index in [1.807, 2.05) is 0 Å². The predicted octanol–water partition coefficient (Wildman–Crippen LogP) is 2.97. The summed E-state index contributed by atoms with van der Waals surface area (Å²) in [6, 6.07) is 32.0. The van der Waals surface area contributed by atoms with Gasteiger partial charge in [0.15, 0.2) is 12.9 Å². The van der Waals surface area contributed by atoms with Crippen LogP contribution < -0.4 is 21.3 Å². The summed E-state index contributed by atoms with van der Waals surface area (Å²) in [5, 5.41) is 3.76. The molecule has 134 valence electrons. The summed E-state index contributed by atoms with van der Waals surface area (Å²) in [5.74, 6) is 0. The van der Waals surface area contributed by atoms with Gasteiger partial charge in [-0.1, -0.05) is 54.6 Å². The molecule has 0 saturated heterocycles. The van der Waals surface area contributed by atoms with Gasteiger partial charge in [-0.15, -0.1) is 0 Å². The summed E-state index contributed by atoms with van der Waals surface area (Å²) in [5.41, 5.74) is 2.59. The molecule has 0 bridgehead atoms. The largest absolute Gasteiger partial charge is 0.339 e. The molecule has 0 aliphatic carbocycles. The van der Waals surface area contributed by atoms with E-state index >= 15 is 0 Å². The second kappa shape index (κ2) is 6.99. The zero-order valence-electron chi connectivity index (χ0n) is 15.1. The molecule has 2 aromatic heterocycles. The molecular formula is C23H18N4P+. The standard InChI is InChI=1S/C23H18N4P/c1-4-10-18(11-5-1)28(19-12-6-2-7-13-19,20-14-8-3-9-15-20)23-21-22(25-16-24-21)26-17-27-23/h1-17H,(H,24,25,26,27)/q+1. The van der Waals surface area contributed by atoms with Gasteiger partial charge in [0, 0.05) is 0 Å². The van der Waals surface area contributed by atoms with E-state index < -0.39 is 7.26 Å². The lowest BCUT2D eigenvalue weighted by molar-refractivity contribution is 1.22. The van der Waals surface area contributed by atoms with E-state index in [1.54, 1.807) is 12.7 Å². The van der Waals surface area contributed by atoms with Crippen molar-refractivity contribution in [3.05, 3.63) is 104 Å². The molecule has 0 spiro atoms. The molecule has 1 N–H and O–H groups in total. The van der Waals surface area contributed by atoms with Gasteiger partial charge in [-0.05, 0) is 36.4 Å². The van der Waals surface area contributed by atoms with Crippen LogP contribution in [0.1, 0.15) is 0 Å². The quantitative estimate of drug-likeness (QED) is 0.487. The number of nitrogens with one attached hydrogen (secondary N) is 1. The normalized spacial score (nSPS) is 11.6. The van der Waals surface area contributed by atoms with Gasteiger partial charge >= 0.3 is 0 Å². The molecule has 5 rings (SSSR count). The Labute approximate surface area is 163 Å². The van der Waals surface area contributed by atoms with E-state index in [0.717, 1.165) is 11.0 Å². The molecule has 0 radical (unpaired) electrons. The van der Waals surface area contributed by atoms with Crippen molar-refractivity contribution >= 4 is 39.8 Å². The molecule has 3 aromatic carbocycles. The first kappa shape index (κ1) is 16.8. The number of hydrogen-bond acceptors (Lipinski definition) is 3. The van der Waals surface area contributed by atoms with Crippen LogP contribution in [0.2, 0.25) is 0 Å². The third kappa shape index (κ3) is 2.54. The maximum Gasteiger partial charge on any atom is 0.227 e. The Morgan fingerprint density at radius 1 is 0.571 bits per heavy atom. The minimum absolute atomic E-state index is 0.692. The van der Waals surface area contributed by atoms with Crippen LogP contribution in [0.5, 0.6) is 0 Å². The van der Waals surface area contributed by atoms with E-state index in [9.17, 15) is 0 Å². The summed E-state index contributed by atoms with van der Waals surface area (Å²) < 4.78 is 0. The van der Waals surface area contributed by atoms with Gasteiger partial charge in [0.25, 0.3) is 0 Å². The highest BCUT2D eigenvalue weighted by Crippen LogP contribution is 2.54. The van der Waals surface area contributed by atoms with Crippen molar-refractivity contribution in [2.45, 2.75) is 0 Å². The van der Waals surface area contributed by atoms with E-state index in [4.69, 9.17) is 4.98 Å². The zero-order valence-corrected chi connectivity index (χ0v) is 16.0. The fourth-order valence-corrected chi connectivity index (χ4v) is 7.99. The first-order valence-electron chi connectivity index (χ1n) is 9.11.